The number of rotatable bonds is 6. The number of amides is 1. The topological polar surface area (TPSA) is 74.2 Å². The highest BCUT2D eigenvalue weighted by atomic mass is 16.3. The number of aromatic nitrogens is 2. The highest BCUT2D eigenvalue weighted by Gasteiger charge is 2.26. The van der Waals surface area contributed by atoms with Crippen molar-refractivity contribution in [2.24, 2.45) is 0 Å². The second-order valence-electron chi connectivity index (χ2n) is 8.05. The molecule has 1 aliphatic heterocycles. The number of aromatic amines is 1. The van der Waals surface area contributed by atoms with Crippen LogP contribution in [0.25, 0.3) is 22.0 Å². The van der Waals surface area contributed by atoms with Gasteiger partial charge in [0.25, 0.3) is 0 Å². The molecule has 2 N–H and O–H groups in total. The van der Waals surface area contributed by atoms with E-state index in [0.717, 1.165) is 54.9 Å². The number of para-hydroxylation sites is 3. The predicted octanol–water partition coefficient (Wildman–Crippen LogP) is 3.85. The van der Waals surface area contributed by atoms with Gasteiger partial charge in [-0.15, -0.1) is 0 Å². The van der Waals surface area contributed by atoms with Crippen molar-refractivity contribution in [3.05, 3.63) is 66.2 Å². The lowest BCUT2D eigenvalue weighted by molar-refractivity contribution is -0.122. The number of benzene rings is 2. The number of fused-ring (bicyclic) bond motifs is 2. The Bertz CT molecular complexity index is 1130. The van der Waals surface area contributed by atoms with E-state index in [1.165, 1.54) is 10.9 Å². The molecule has 1 atom stereocenters. The van der Waals surface area contributed by atoms with E-state index in [9.17, 15) is 4.79 Å². The zero-order chi connectivity index (χ0) is 20.3. The molecule has 0 spiro atoms. The molecule has 2 aromatic carbocycles. The Morgan fingerprint density at radius 1 is 1.20 bits per heavy atom. The van der Waals surface area contributed by atoms with E-state index >= 15 is 0 Å². The van der Waals surface area contributed by atoms with Gasteiger partial charge >= 0.3 is 0 Å². The first-order valence-corrected chi connectivity index (χ1v) is 10.7. The average molecular weight is 402 g/mol. The number of hydrogen-bond donors (Lipinski definition) is 2. The minimum Gasteiger partial charge on any atom is -0.440 e. The maximum Gasteiger partial charge on any atom is 0.234 e. The molecule has 6 heteroatoms. The third-order valence-electron chi connectivity index (χ3n) is 5.92. The van der Waals surface area contributed by atoms with Gasteiger partial charge in [0.15, 0.2) is 11.5 Å². The summed E-state index contributed by atoms with van der Waals surface area (Å²) < 4.78 is 5.96. The number of carbonyl (C=O) groups is 1. The summed E-state index contributed by atoms with van der Waals surface area (Å²) in [5, 5.41) is 4.30. The average Bonchev–Trinajstić information content (AvgIpc) is 3.38. The summed E-state index contributed by atoms with van der Waals surface area (Å²) >= 11 is 0. The molecule has 0 radical (unpaired) electrons. The minimum atomic E-state index is 0.0769. The molecule has 0 aliphatic carbocycles. The van der Waals surface area contributed by atoms with Crippen LogP contribution in [0.2, 0.25) is 0 Å². The van der Waals surface area contributed by atoms with Crippen molar-refractivity contribution in [1.82, 2.24) is 20.2 Å². The van der Waals surface area contributed by atoms with Crippen molar-refractivity contribution < 1.29 is 9.21 Å². The largest absolute Gasteiger partial charge is 0.440 e. The number of nitrogens with one attached hydrogen (secondary N) is 2. The molecule has 154 valence electrons. The van der Waals surface area contributed by atoms with Gasteiger partial charge in [-0.25, -0.2) is 4.98 Å². The van der Waals surface area contributed by atoms with Gasteiger partial charge in [0.05, 0.1) is 6.54 Å². The summed E-state index contributed by atoms with van der Waals surface area (Å²) in [4.78, 5) is 22.6. The Hall–Kier alpha value is -3.12. The summed E-state index contributed by atoms with van der Waals surface area (Å²) in [6.07, 6.45) is 4.95. The van der Waals surface area contributed by atoms with Gasteiger partial charge in [0.1, 0.15) is 5.52 Å². The summed E-state index contributed by atoms with van der Waals surface area (Å²) in [6, 6.07) is 16.1. The van der Waals surface area contributed by atoms with Crippen molar-refractivity contribution in [3.8, 4) is 0 Å². The Morgan fingerprint density at radius 2 is 2.07 bits per heavy atom. The van der Waals surface area contributed by atoms with Crippen molar-refractivity contribution in [2.75, 3.05) is 26.2 Å². The van der Waals surface area contributed by atoms with Crippen LogP contribution in [0.4, 0.5) is 0 Å². The Morgan fingerprint density at radius 3 is 3.00 bits per heavy atom. The summed E-state index contributed by atoms with van der Waals surface area (Å²) in [7, 11) is 0. The van der Waals surface area contributed by atoms with Gasteiger partial charge in [-0.2, -0.15) is 0 Å². The molecule has 3 heterocycles. The smallest absolute Gasteiger partial charge is 0.234 e. The van der Waals surface area contributed by atoms with Crippen LogP contribution < -0.4 is 5.32 Å². The fraction of sp³-hybridized carbons (Fsp3) is 0.333. The van der Waals surface area contributed by atoms with Crippen LogP contribution in [-0.2, 0) is 11.2 Å². The monoisotopic (exact) mass is 402 g/mol. The molecular formula is C24H26N4O2. The summed E-state index contributed by atoms with van der Waals surface area (Å²) in [5.74, 6) is 1.11. The van der Waals surface area contributed by atoms with Crippen LogP contribution in [0.5, 0.6) is 0 Å². The van der Waals surface area contributed by atoms with Crippen LogP contribution in [0.1, 0.15) is 30.2 Å². The van der Waals surface area contributed by atoms with Gasteiger partial charge in [0, 0.05) is 36.1 Å². The van der Waals surface area contributed by atoms with E-state index in [-0.39, 0.29) is 11.8 Å². The quantitative estimate of drug-likeness (QED) is 0.514. The van der Waals surface area contributed by atoms with Crippen LogP contribution in [-0.4, -0.2) is 47.0 Å². The van der Waals surface area contributed by atoms with E-state index in [2.05, 4.69) is 32.3 Å². The Balaban J connectivity index is 1.14. The zero-order valence-corrected chi connectivity index (χ0v) is 16.9. The number of oxazole rings is 1. The molecular weight excluding hydrogens is 376 g/mol. The van der Waals surface area contributed by atoms with Crippen molar-refractivity contribution in [1.29, 1.82) is 0 Å². The third kappa shape index (κ3) is 3.96. The van der Waals surface area contributed by atoms with Crippen molar-refractivity contribution >= 4 is 27.9 Å². The molecule has 0 saturated carbocycles. The molecule has 2 aromatic heterocycles. The SMILES string of the molecule is O=C(CN1CCCC(c2nc3ccccc3o2)C1)NCCc1c[nH]c2ccccc12. The Labute approximate surface area is 175 Å². The zero-order valence-electron chi connectivity index (χ0n) is 16.9. The first kappa shape index (κ1) is 18.9. The first-order chi connectivity index (χ1) is 14.8. The number of hydrogen-bond acceptors (Lipinski definition) is 4. The van der Waals surface area contributed by atoms with Crippen LogP contribution in [0.3, 0.4) is 0 Å². The second-order valence-corrected chi connectivity index (χ2v) is 8.05. The lowest BCUT2D eigenvalue weighted by atomic mass is 9.98. The van der Waals surface area contributed by atoms with Gasteiger partial charge < -0.3 is 14.7 Å². The van der Waals surface area contributed by atoms with Crippen LogP contribution >= 0.6 is 0 Å². The van der Waals surface area contributed by atoms with E-state index < -0.39 is 0 Å². The number of likely N-dealkylation sites (tertiary alicyclic amines) is 1. The normalized spacial score (nSPS) is 17.5. The van der Waals surface area contributed by atoms with Crippen molar-refractivity contribution in [3.63, 3.8) is 0 Å². The lowest BCUT2D eigenvalue weighted by Gasteiger charge is -2.30. The van der Waals surface area contributed by atoms with Gasteiger partial charge in [-0.3, -0.25) is 9.69 Å². The highest BCUT2D eigenvalue weighted by Crippen LogP contribution is 2.28. The number of carbonyl (C=O) groups excluding carboxylic acids is 1. The third-order valence-corrected chi connectivity index (χ3v) is 5.92. The second kappa shape index (κ2) is 8.32. The Kier molecular flexibility index (Phi) is 5.24. The van der Waals surface area contributed by atoms with Crippen molar-refractivity contribution in [2.45, 2.75) is 25.2 Å². The molecule has 1 unspecified atom stereocenters. The maximum absolute atomic E-state index is 12.5. The fourth-order valence-electron chi connectivity index (χ4n) is 4.40. The molecule has 1 aliphatic rings. The standard InChI is InChI=1S/C24H26N4O2/c29-23(25-12-11-17-14-26-20-8-2-1-7-19(17)20)16-28-13-5-6-18(15-28)24-27-21-9-3-4-10-22(21)30-24/h1-4,7-10,14,18,26H,5-6,11-13,15-16H2,(H,25,29). The molecule has 1 amide bonds. The molecule has 0 bridgehead atoms. The molecule has 30 heavy (non-hydrogen) atoms. The van der Waals surface area contributed by atoms with Crippen LogP contribution in [0.15, 0.2) is 59.1 Å². The van der Waals surface area contributed by atoms with E-state index in [1.54, 1.807) is 0 Å². The number of piperidine rings is 1. The maximum atomic E-state index is 12.5. The molecule has 5 rings (SSSR count). The van der Waals surface area contributed by atoms with Crippen LogP contribution in [0, 0.1) is 0 Å². The summed E-state index contributed by atoms with van der Waals surface area (Å²) in [5.41, 5.74) is 4.11. The first-order valence-electron chi connectivity index (χ1n) is 10.7. The molecule has 4 aromatic rings. The molecule has 6 nitrogen and oxygen atoms in total. The minimum absolute atomic E-state index is 0.0769. The van der Waals surface area contributed by atoms with E-state index in [1.807, 2.05) is 42.6 Å². The summed E-state index contributed by atoms with van der Waals surface area (Å²) in [6.45, 7) is 2.81. The molecule has 1 saturated heterocycles. The lowest BCUT2D eigenvalue weighted by Crippen LogP contribution is -2.42. The molecule has 1 fully saturated rings. The van der Waals surface area contributed by atoms with Gasteiger partial charge in [-0.1, -0.05) is 30.3 Å². The number of H-pyrrole nitrogens is 1. The van der Waals surface area contributed by atoms with E-state index in [4.69, 9.17) is 4.42 Å². The van der Waals surface area contributed by atoms with Gasteiger partial charge in [0.2, 0.25) is 5.91 Å². The van der Waals surface area contributed by atoms with E-state index in [0.29, 0.717) is 13.1 Å². The van der Waals surface area contributed by atoms with Gasteiger partial charge in [-0.05, 0) is 49.6 Å². The predicted molar refractivity (Wildman–Crippen MR) is 117 cm³/mol. The fourth-order valence-corrected chi connectivity index (χ4v) is 4.40. The number of nitrogens with zero attached hydrogens (tertiary/aromatic N) is 2. The highest BCUT2D eigenvalue weighted by molar-refractivity contribution is 5.83.